The Labute approximate surface area is 183 Å². The van der Waals surface area contributed by atoms with Crippen molar-refractivity contribution < 1.29 is 23.8 Å². The number of fused-ring (bicyclic) bond motifs is 1. The van der Waals surface area contributed by atoms with E-state index < -0.39 is 11.2 Å². The lowest BCUT2D eigenvalue weighted by molar-refractivity contribution is -0.705. The van der Waals surface area contributed by atoms with E-state index in [1.807, 2.05) is 49.4 Å². The monoisotopic (exact) mass is 435 g/mol. The lowest BCUT2D eigenvalue weighted by Gasteiger charge is -2.13. The SMILES string of the molecule is CCC(Sc1c([O-])on[n+]1-c1ccc(OC)cc1)C(=O)Nc1ccc2ccccc2c1. The van der Waals surface area contributed by atoms with E-state index in [1.54, 1.807) is 31.4 Å². The number of hydrogen-bond acceptors (Lipinski definition) is 6. The van der Waals surface area contributed by atoms with Crippen molar-refractivity contribution in [3.05, 3.63) is 66.7 Å². The molecule has 4 rings (SSSR count). The van der Waals surface area contributed by atoms with E-state index in [0.717, 1.165) is 22.5 Å². The molecule has 158 valence electrons. The maximum atomic E-state index is 12.9. The lowest BCUT2D eigenvalue weighted by atomic mass is 10.1. The summed E-state index contributed by atoms with van der Waals surface area (Å²) in [7, 11) is 1.58. The summed E-state index contributed by atoms with van der Waals surface area (Å²) >= 11 is 1.14. The first-order valence-corrected chi connectivity index (χ1v) is 10.7. The minimum atomic E-state index is -0.585. The number of rotatable bonds is 7. The Hall–Kier alpha value is -3.52. The number of aromatic nitrogens is 2. The Kier molecular flexibility index (Phi) is 6.08. The van der Waals surface area contributed by atoms with Gasteiger partial charge in [0.2, 0.25) is 11.6 Å². The van der Waals surface area contributed by atoms with Gasteiger partial charge in [-0.25, -0.2) is 0 Å². The van der Waals surface area contributed by atoms with E-state index in [9.17, 15) is 9.90 Å². The molecule has 0 saturated carbocycles. The molecule has 4 aromatic rings. The highest BCUT2D eigenvalue weighted by atomic mass is 32.2. The quantitative estimate of drug-likeness (QED) is 0.352. The van der Waals surface area contributed by atoms with Crippen LogP contribution in [0.25, 0.3) is 16.5 Å². The zero-order chi connectivity index (χ0) is 21.8. The van der Waals surface area contributed by atoms with Crippen LogP contribution in [-0.2, 0) is 4.79 Å². The molecule has 1 heterocycles. The van der Waals surface area contributed by atoms with Crippen molar-refractivity contribution in [1.82, 2.24) is 5.27 Å². The minimum absolute atomic E-state index is 0.190. The second-order valence-electron chi connectivity index (χ2n) is 6.84. The third kappa shape index (κ3) is 4.49. The first kappa shape index (κ1) is 20.7. The summed E-state index contributed by atoms with van der Waals surface area (Å²) in [6.45, 7) is 1.90. The van der Waals surface area contributed by atoms with Crippen LogP contribution >= 0.6 is 11.8 Å². The van der Waals surface area contributed by atoms with Crippen LogP contribution in [0.15, 0.2) is 76.3 Å². The van der Waals surface area contributed by atoms with Crippen LogP contribution in [0, 0.1) is 0 Å². The molecule has 0 saturated heterocycles. The summed E-state index contributed by atoms with van der Waals surface area (Å²) in [5.74, 6) is -0.0898. The number of methoxy groups -OCH3 is 1. The van der Waals surface area contributed by atoms with Crippen LogP contribution in [-0.4, -0.2) is 23.5 Å². The summed E-state index contributed by atoms with van der Waals surface area (Å²) in [6, 6.07) is 20.8. The largest absolute Gasteiger partial charge is 0.538 e. The van der Waals surface area contributed by atoms with Gasteiger partial charge >= 0.3 is 0 Å². The highest BCUT2D eigenvalue weighted by molar-refractivity contribution is 8.00. The maximum Gasteiger partial charge on any atom is 0.298 e. The van der Waals surface area contributed by atoms with Gasteiger partial charge < -0.3 is 19.7 Å². The fraction of sp³-hybridized carbons (Fsp3) is 0.174. The molecule has 0 bridgehead atoms. The predicted molar refractivity (Wildman–Crippen MR) is 117 cm³/mol. The standard InChI is InChI=1S/C23H21N3O4S/c1-3-20(21(27)24-17-9-8-15-6-4-5-7-16(15)14-17)31-22-23(28)30-25-26(22)18-10-12-19(29-2)13-11-18/h4-14,20H,3H2,1-2H3,(H-,24,25,27,28). The molecular weight excluding hydrogens is 414 g/mol. The second-order valence-corrected chi connectivity index (χ2v) is 8.03. The van der Waals surface area contributed by atoms with Crippen molar-refractivity contribution >= 4 is 34.1 Å². The predicted octanol–water partition coefficient (Wildman–Crippen LogP) is 3.70. The molecule has 0 aliphatic heterocycles. The molecule has 0 spiro atoms. The van der Waals surface area contributed by atoms with Crippen LogP contribution in [0.3, 0.4) is 0 Å². The van der Waals surface area contributed by atoms with Gasteiger partial charge in [0.25, 0.3) is 5.03 Å². The third-order valence-electron chi connectivity index (χ3n) is 4.82. The van der Waals surface area contributed by atoms with Crippen LogP contribution < -0.4 is 19.8 Å². The molecule has 1 atom stereocenters. The number of carbonyl (C=O) groups excluding carboxylic acids is 1. The molecule has 0 fully saturated rings. The molecule has 1 unspecified atom stereocenters. The van der Waals surface area contributed by atoms with Gasteiger partial charge in [0.15, 0.2) is 5.95 Å². The zero-order valence-electron chi connectivity index (χ0n) is 17.1. The summed E-state index contributed by atoms with van der Waals surface area (Å²) in [5.41, 5.74) is 1.34. The Morgan fingerprint density at radius 3 is 2.61 bits per heavy atom. The van der Waals surface area contributed by atoms with E-state index in [4.69, 9.17) is 9.26 Å². The fourth-order valence-electron chi connectivity index (χ4n) is 3.17. The Balaban J connectivity index is 1.54. The normalized spacial score (nSPS) is 11.9. The van der Waals surface area contributed by atoms with E-state index in [2.05, 4.69) is 10.6 Å². The number of ether oxygens (including phenoxy) is 1. The second kappa shape index (κ2) is 9.09. The minimum Gasteiger partial charge on any atom is -0.538 e. The molecule has 1 amide bonds. The summed E-state index contributed by atoms with van der Waals surface area (Å²) in [5, 5.41) is 21.0. The molecule has 1 aromatic heterocycles. The van der Waals surface area contributed by atoms with Crippen molar-refractivity contribution in [3.63, 3.8) is 0 Å². The molecule has 0 aliphatic carbocycles. The summed E-state index contributed by atoms with van der Waals surface area (Å²) in [6.07, 6.45) is 0.525. The van der Waals surface area contributed by atoms with E-state index >= 15 is 0 Å². The maximum absolute atomic E-state index is 12.9. The summed E-state index contributed by atoms with van der Waals surface area (Å²) in [4.78, 5) is 12.9. The molecule has 0 radical (unpaired) electrons. The van der Waals surface area contributed by atoms with Crippen LogP contribution in [0.5, 0.6) is 11.7 Å². The molecule has 1 N–H and O–H groups in total. The smallest absolute Gasteiger partial charge is 0.298 e. The Morgan fingerprint density at radius 1 is 1.16 bits per heavy atom. The fourth-order valence-corrected chi connectivity index (χ4v) is 4.15. The number of amides is 1. The lowest BCUT2D eigenvalue weighted by Crippen LogP contribution is -2.36. The number of thioether (sulfide) groups is 1. The highest BCUT2D eigenvalue weighted by Crippen LogP contribution is 2.30. The number of anilines is 1. The van der Waals surface area contributed by atoms with E-state index in [-0.39, 0.29) is 10.9 Å². The van der Waals surface area contributed by atoms with Crippen molar-refractivity contribution in [2.24, 2.45) is 0 Å². The van der Waals surface area contributed by atoms with E-state index in [0.29, 0.717) is 23.5 Å². The molecule has 3 aromatic carbocycles. The van der Waals surface area contributed by atoms with Gasteiger partial charge in [0, 0.05) is 17.8 Å². The Bertz CT molecular complexity index is 1210. The van der Waals surface area contributed by atoms with Gasteiger partial charge in [-0.3, -0.25) is 4.79 Å². The number of nitrogens with one attached hydrogen (secondary N) is 1. The van der Waals surface area contributed by atoms with Crippen molar-refractivity contribution in [3.8, 4) is 17.4 Å². The van der Waals surface area contributed by atoms with Gasteiger partial charge in [-0.2, -0.15) is 0 Å². The average molecular weight is 436 g/mol. The van der Waals surface area contributed by atoms with Gasteiger partial charge in [-0.05, 0) is 57.9 Å². The molecule has 31 heavy (non-hydrogen) atoms. The van der Waals surface area contributed by atoms with Crippen molar-refractivity contribution in [1.29, 1.82) is 0 Å². The molecule has 0 aliphatic rings. The van der Waals surface area contributed by atoms with Crippen LogP contribution in [0.1, 0.15) is 13.3 Å². The zero-order valence-corrected chi connectivity index (χ0v) is 17.9. The van der Waals surface area contributed by atoms with Gasteiger partial charge in [-0.1, -0.05) is 37.3 Å². The van der Waals surface area contributed by atoms with E-state index in [1.165, 1.54) is 4.68 Å². The van der Waals surface area contributed by atoms with Crippen LogP contribution in [0.4, 0.5) is 5.69 Å². The number of hydrogen-bond donors (Lipinski definition) is 1. The first-order valence-electron chi connectivity index (χ1n) is 9.79. The summed E-state index contributed by atoms with van der Waals surface area (Å²) < 4.78 is 11.4. The van der Waals surface area contributed by atoms with Crippen molar-refractivity contribution in [2.45, 2.75) is 23.6 Å². The molecule has 7 nitrogen and oxygen atoms in total. The number of benzene rings is 3. The topological polar surface area (TPSA) is 91.3 Å². The number of carbonyl (C=O) groups is 1. The third-order valence-corrected chi connectivity index (χ3v) is 6.22. The molecule has 8 heteroatoms. The van der Waals surface area contributed by atoms with Crippen molar-refractivity contribution in [2.75, 3.05) is 12.4 Å². The molecular formula is C23H21N3O4S. The number of nitrogens with zero attached hydrogens (tertiary/aromatic N) is 2. The first-order chi connectivity index (χ1) is 15.1. The van der Waals surface area contributed by atoms with Crippen LogP contribution in [0.2, 0.25) is 0 Å². The highest BCUT2D eigenvalue weighted by Gasteiger charge is 2.28. The van der Waals surface area contributed by atoms with Gasteiger partial charge in [0.05, 0.1) is 17.6 Å². The Morgan fingerprint density at radius 2 is 1.90 bits per heavy atom. The van der Waals surface area contributed by atoms with Gasteiger partial charge in [0.1, 0.15) is 5.75 Å². The van der Waals surface area contributed by atoms with Gasteiger partial charge in [-0.15, -0.1) is 0 Å². The average Bonchev–Trinajstić information content (AvgIpc) is 3.17.